The summed E-state index contributed by atoms with van der Waals surface area (Å²) in [4.78, 5) is 0. The molecule has 0 bridgehead atoms. The van der Waals surface area contributed by atoms with Crippen molar-refractivity contribution in [3.63, 3.8) is 0 Å². The largest absolute Gasteiger partial charge is 0.347 e. The third kappa shape index (κ3) is 4.54. The van der Waals surface area contributed by atoms with Crippen LogP contribution < -0.4 is 5.32 Å². The lowest BCUT2D eigenvalue weighted by molar-refractivity contribution is 0.209. The number of benzene rings is 1. The molecule has 18 heavy (non-hydrogen) atoms. The lowest BCUT2D eigenvalue weighted by atomic mass is 10.2. The zero-order valence-corrected chi connectivity index (χ0v) is 12.2. The highest BCUT2D eigenvalue weighted by atomic mass is 31.2. The maximum atomic E-state index is 12.4. The molecule has 0 fully saturated rings. The van der Waals surface area contributed by atoms with Crippen LogP contribution in [0.2, 0.25) is 0 Å². The first-order valence-electron chi connectivity index (χ1n) is 6.28. The van der Waals surface area contributed by atoms with Gasteiger partial charge < -0.3 is 9.05 Å². The molecule has 102 valence electrons. The zero-order chi connectivity index (χ0) is 13.4. The summed E-state index contributed by atoms with van der Waals surface area (Å²) >= 11 is 0. The predicted octanol–water partition coefficient (Wildman–Crippen LogP) is 3.39. The minimum atomic E-state index is -3.06. The van der Waals surface area contributed by atoms with Crippen molar-refractivity contribution in [2.24, 2.45) is 0 Å². The van der Waals surface area contributed by atoms with Crippen LogP contribution in [0.4, 0.5) is 0 Å². The van der Waals surface area contributed by atoms with Gasteiger partial charge in [-0.25, -0.2) is 0 Å². The minimum absolute atomic E-state index is 0.322. The molecule has 0 aliphatic carbocycles. The summed E-state index contributed by atoms with van der Waals surface area (Å²) in [6, 6.07) is 9.97. The first-order valence-corrected chi connectivity index (χ1v) is 7.89. The molecule has 0 radical (unpaired) electrons. The molecule has 1 unspecified atom stereocenters. The Kier molecular flexibility index (Phi) is 6.58. The summed E-state index contributed by atoms with van der Waals surface area (Å²) in [6.07, 6.45) is 0. The molecule has 1 aromatic carbocycles. The van der Waals surface area contributed by atoms with E-state index in [0.717, 1.165) is 5.56 Å². The summed E-state index contributed by atoms with van der Waals surface area (Å²) in [7, 11) is -3.06. The van der Waals surface area contributed by atoms with Gasteiger partial charge in [0.1, 0.15) is 5.78 Å². The van der Waals surface area contributed by atoms with Crippen LogP contribution >= 0.6 is 7.60 Å². The van der Waals surface area contributed by atoms with Gasteiger partial charge in [0, 0.05) is 6.54 Å². The van der Waals surface area contributed by atoms with Gasteiger partial charge in [0.25, 0.3) is 0 Å². The molecule has 0 saturated carbocycles. The van der Waals surface area contributed by atoms with Crippen molar-refractivity contribution in [2.45, 2.75) is 33.1 Å². The van der Waals surface area contributed by atoms with Gasteiger partial charge in [-0.1, -0.05) is 30.3 Å². The van der Waals surface area contributed by atoms with Gasteiger partial charge in [-0.3, -0.25) is 9.88 Å². The normalized spacial score (nSPS) is 13.5. The van der Waals surface area contributed by atoms with E-state index in [9.17, 15) is 4.57 Å². The molecule has 0 aromatic heterocycles. The fourth-order valence-corrected chi connectivity index (χ4v) is 3.15. The summed E-state index contributed by atoms with van der Waals surface area (Å²) in [5.74, 6) is -0.322. The second-order valence-electron chi connectivity index (χ2n) is 3.92. The highest BCUT2D eigenvalue weighted by Gasteiger charge is 2.31. The van der Waals surface area contributed by atoms with Gasteiger partial charge in [-0.2, -0.15) is 0 Å². The van der Waals surface area contributed by atoms with E-state index >= 15 is 0 Å². The Balaban J connectivity index is 2.57. The Hall–Kier alpha value is -0.670. The molecule has 1 aromatic rings. The van der Waals surface area contributed by atoms with Crippen molar-refractivity contribution in [1.82, 2.24) is 5.32 Å². The van der Waals surface area contributed by atoms with Gasteiger partial charge in [0.05, 0.1) is 13.2 Å². The smallest absolute Gasteiger partial charge is 0.308 e. The average molecular weight is 271 g/mol. The van der Waals surface area contributed by atoms with Gasteiger partial charge in [0.15, 0.2) is 0 Å². The quantitative estimate of drug-likeness (QED) is 0.736. The fourth-order valence-electron chi connectivity index (χ4n) is 1.59. The maximum absolute atomic E-state index is 12.4. The molecule has 1 rings (SSSR count). The third-order valence-corrected chi connectivity index (χ3v) is 4.90. The molecule has 0 amide bonds. The SMILES string of the molecule is CCOP(=O)(OCC)C(C)NCc1ccccc1. The topological polar surface area (TPSA) is 47.6 Å². The monoisotopic (exact) mass is 271 g/mol. The van der Waals surface area contributed by atoms with E-state index in [0.29, 0.717) is 19.8 Å². The van der Waals surface area contributed by atoms with Crippen LogP contribution in [-0.4, -0.2) is 19.0 Å². The standard InChI is InChI=1S/C13H22NO3P/c1-4-16-18(15,17-5-2)12(3)14-11-13-9-7-6-8-10-13/h6-10,12,14H,4-5,11H2,1-3H3. The molecule has 4 nitrogen and oxygen atoms in total. The molecule has 5 heteroatoms. The molecule has 1 atom stereocenters. The van der Waals surface area contributed by atoms with Crippen molar-refractivity contribution in [1.29, 1.82) is 0 Å². The van der Waals surface area contributed by atoms with Crippen molar-refractivity contribution in [3.05, 3.63) is 35.9 Å². The van der Waals surface area contributed by atoms with E-state index in [4.69, 9.17) is 9.05 Å². The first kappa shape index (κ1) is 15.4. The van der Waals surface area contributed by atoms with Crippen LogP contribution in [0, 0.1) is 0 Å². The second kappa shape index (κ2) is 7.70. The lowest BCUT2D eigenvalue weighted by Crippen LogP contribution is -2.27. The summed E-state index contributed by atoms with van der Waals surface area (Å²) < 4.78 is 23.0. The Morgan fingerprint density at radius 3 is 2.22 bits per heavy atom. The summed E-state index contributed by atoms with van der Waals surface area (Å²) in [5.41, 5.74) is 1.14. The summed E-state index contributed by atoms with van der Waals surface area (Å²) in [6.45, 7) is 6.87. The van der Waals surface area contributed by atoms with Crippen molar-refractivity contribution < 1.29 is 13.6 Å². The second-order valence-corrected chi connectivity index (χ2v) is 6.29. The molecule has 1 N–H and O–H groups in total. The fraction of sp³-hybridized carbons (Fsp3) is 0.538. The van der Waals surface area contributed by atoms with E-state index < -0.39 is 7.60 Å². The summed E-state index contributed by atoms with van der Waals surface area (Å²) in [5, 5.41) is 3.20. The molecule has 0 heterocycles. The number of rotatable bonds is 8. The Bertz CT molecular complexity index is 373. The van der Waals surface area contributed by atoms with Gasteiger partial charge in [0.2, 0.25) is 0 Å². The number of nitrogens with one attached hydrogen (secondary N) is 1. The van der Waals surface area contributed by atoms with Crippen LogP contribution in [-0.2, 0) is 20.2 Å². The Morgan fingerprint density at radius 2 is 1.72 bits per heavy atom. The molecule has 0 spiro atoms. The molecular formula is C13H22NO3P. The molecule has 0 saturated heterocycles. The van der Waals surface area contributed by atoms with E-state index in [2.05, 4.69) is 5.32 Å². The van der Waals surface area contributed by atoms with E-state index in [-0.39, 0.29) is 5.78 Å². The average Bonchev–Trinajstić information content (AvgIpc) is 2.37. The van der Waals surface area contributed by atoms with Crippen LogP contribution in [0.15, 0.2) is 30.3 Å². The van der Waals surface area contributed by atoms with Crippen molar-refractivity contribution in [2.75, 3.05) is 13.2 Å². The van der Waals surface area contributed by atoms with Crippen molar-refractivity contribution in [3.8, 4) is 0 Å². The van der Waals surface area contributed by atoms with Gasteiger partial charge in [-0.05, 0) is 26.3 Å². The molecule has 0 aliphatic heterocycles. The van der Waals surface area contributed by atoms with Gasteiger partial charge >= 0.3 is 7.60 Å². The van der Waals surface area contributed by atoms with Crippen LogP contribution in [0.3, 0.4) is 0 Å². The molecule has 0 aliphatic rings. The van der Waals surface area contributed by atoms with Crippen molar-refractivity contribution >= 4 is 7.60 Å². The predicted molar refractivity (Wildman–Crippen MR) is 73.6 cm³/mol. The minimum Gasteiger partial charge on any atom is -0.308 e. The number of hydrogen-bond donors (Lipinski definition) is 1. The van der Waals surface area contributed by atoms with Crippen LogP contribution in [0.25, 0.3) is 0 Å². The highest BCUT2D eigenvalue weighted by molar-refractivity contribution is 7.54. The van der Waals surface area contributed by atoms with Crippen LogP contribution in [0.1, 0.15) is 26.3 Å². The first-order chi connectivity index (χ1) is 8.62. The van der Waals surface area contributed by atoms with E-state index in [1.165, 1.54) is 0 Å². The third-order valence-electron chi connectivity index (χ3n) is 2.54. The van der Waals surface area contributed by atoms with Crippen LogP contribution in [0.5, 0.6) is 0 Å². The Labute approximate surface area is 109 Å². The van der Waals surface area contributed by atoms with Gasteiger partial charge in [-0.15, -0.1) is 0 Å². The Morgan fingerprint density at radius 1 is 1.17 bits per heavy atom. The lowest BCUT2D eigenvalue weighted by Gasteiger charge is -2.24. The van der Waals surface area contributed by atoms with E-state index in [1.54, 1.807) is 0 Å². The number of hydrogen-bond acceptors (Lipinski definition) is 4. The molecular weight excluding hydrogens is 249 g/mol. The maximum Gasteiger partial charge on any atom is 0.347 e. The highest BCUT2D eigenvalue weighted by Crippen LogP contribution is 2.51. The van der Waals surface area contributed by atoms with E-state index in [1.807, 2.05) is 51.1 Å². The zero-order valence-electron chi connectivity index (χ0n) is 11.3.